The second-order valence-corrected chi connectivity index (χ2v) is 39.3. The van der Waals surface area contributed by atoms with Crippen molar-refractivity contribution in [2.75, 3.05) is 21.3 Å². The van der Waals surface area contributed by atoms with Gasteiger partial charge in [0.15, 0.2) is 56.3 Å². The Hall–Kier alpha value is -13.2. The molecule has 9 aromatic rings. The normalized spacial score (nSPS) is 25.1. The number of rotatable bonds is 15. The molecule has 0 radical (unpaired) electrons. The first-order valence-corrected chi connectivity index (χ1v) is 45.5. The van der Waals surface area contributed by atoms with E-state index in [0.29, 0.717) is 33.4 Å². The number of Topliss-reactive ketones (excluding diaryl/α,β-unsaturated/α-hetero) is 6. The smallest absolute Gasteiger partial charge is 0.257 e. The fraction of sp³-hybridized carbons (Fsp3) is 0.312. The fourth-order valence-corrected chi connectivity index (χ4v) is 20.7. The summed E-state index contributed by atoms with van der Waals surface area (Å²) >= 11 is 14.4. The van der Waals surface area contributed by atoms with E-state index in [4.69, 9.17) is 77.4 Å². The zero-order valence-corrected chi connectivity index (χ0v) is 79.8. The van der Waals surface area contributed by atoms with Gasteiger partial charge in [-0.25, -0.2) is 0 Å². The molecule has 3 fully saturated rings. The number of carbonyl (C=O) groups excluding carboxylic acids is 9. The van der Waals surface area contributed by atoms with Gasteiger partial charge >= 0.3 is 0 Å². The number of phenols is 3. The van der Waals surface area contributed by atoms with Crippen LogP contribution < -0.4 is 28.4 Å². The maximum atomic E-state index is 14.4. The first-order valence-electron chi connectivity index (χ1n) is 44.2. The van der Waals surface area contributed by atoms with Gasteiger partial charge in [-0.05, 0) is 154 Å². The summed E-state index contributed by atoms with van der Waals surface area (Å²) in [7, 11) is 4.14. The fourth-order valence-electron chi connectivity index (χ4n) is 20.7. The number of aromatic hydroxyl groups is 3. The highest BCUT2D eigenvalue weighted by Gasteiger charge is 2.76. The molecule has 27 heteroatoms. The summed E-state index contributed by atoms with van der Waals surface area (Å²) in [5.74, 6) is -11.6. The maximum Gasteiger partial charge on any atom is 0.257 e. The van der Waals surface area contributed by atoms with Gasteiger partial charge in [-0.3, -0.25) is 43.2 Å². The highest BCUT2D eigenvalue weighted by atomic mass is 35.6. The van der Waals surface area contributed by atoms with Gasteiger partial charge in [0.1, 0.15) is 119 Å². The maximum absolute atomic E-state index is 14.4. The van der Waals surface area contributed by atoms with E-state index in [-0.39, 0.29) is 140 Å². The minimum Gasteiger partial charge on any atom is -0.511 e. The standard InChI is InChI=1S/3C36H34O8.CHCl3/c3*1-20-29(39)27(24(37)17-16-21-12-8-6-9-13-21)31(42-5)23-19-35(4)33(41)34(2,3)32(40)28-25(38)18-26(22-14-10-7-11-15-22)43-36(28,35)44-30(20)23;2-1(3)4/h3*6-17,26,39-40H,18-19H2,1-5H3;1H/b3*17-16+;/t3*26-,35+,36-;/m111./s1. The number of carbonyl (C=O) groups is 9. The number of alkyl halides is 3. The summed E-state index contributed by atoms with van der Waals surface area (Å²) < 4.78 is 56.5. The van der Waals surface area contributed by atoms with E-state index in [9.17, 15) is 73.8 Å². The molecule has 6 aliphatic heterocycles. The molecule has 3 saturated heterocycles. The summed E-state index contributed by atoms with van der Waals surface area (Å²) in [5.41, 5.74) is -3.08. The first-order chi connectivity index (χ1) is 64.3. The van der Waals surface area contributed by atoms with E-state index in [2.05, 4.69) is 0 Å². The van der Waals surface area contributed by atoms with E-state index in [1.54, 1.807) is 101 Å². The third-order valence-electron chi connectivity index (χ3n) is 27.7. The lowest BCUT2D eigenvalue weighted by Crippen LogP contribution is -2.69. The molecule has 6 N–H and O–H groups in total. The molecule has 9 aliphatic rings. The molecule has 0 amide bonds. The zero-order valence-electron chi connectivity index (χ0n) is 77.5. The van der Waals surface area contributed by atoms with Crippen LogP contribution in [0.15, 0.2) is 234 Å². The van der Waals surface area contributed by atoms with Crippen LogP contribution in [-0.2, 0) is 62.2 Å². The average molecular weight is 1900 g/mol. The third kappa shape index (κ3) is 15.7. The summed E-state index contributed by atoms with van der Waals surface area (Å²) in [6.45, 7) is 19.2. The van der Waals surface area contributed by atoms with Crippen LogP contribution in [0.4, 0.5) is 0 Å². The quantitative estimate of drug-likeness (QED) is 0.0315. The van der Waals surface area contributed by atoms with Crippen LogP contribution in [0.1, 0.15) is 198 Å². The summed E-state index contributed by atoms with van der Waals surface area (Å²) in [4.78, 5) is 126. The lowest BCUT2D eigenvalue weighted by atomic mass is 9.55. The number of ketones is 9. The number of allylic oxidation sites excluding steroid dienone is 6. The molecule has 18 rings (SSSR count). The number of benzene rings is 9. The van der Waals surface area contributed by atoms with Crippen molar-refractivity contribution in [2.24, 2.45) is 32.5 Å². The van der Waals surface area contributed by atoms with Crippen molar-refractivity contribution in [1.29, 1.82) is 0 Å². The number of ether oxygens (including phenoxy) is 9. The Bertz CT molecular complexity index is 6010. The first kappa shape index (κ1) is 97.3. The van der Waals surface area contributed by atoms with Crippen molar-refractivity contribution >= 4 is 105 Å². The Kier molecular flexibility index (Phi) is 26.1. The molecular formula is C109H103Cl3O24. The number of fused-ring (bicyclic) bond motifs is 3. The van der Waals surface area contributed by atoms with E-state index in [0.717, 1.165) is 16.7 Å². The van der Waals surface area contributed by atoms with Crippen LogP contribution in [0.5, 0.6) is 51.7 Å². The molecule has 0 saturated carbocycles. The molecule has 9 aromatic carbocycles. The van der Waals surface area contributed by atoms with Gasteiger partial charge in [-0.2, -0.15) is 0 Å². The highest BCUT2D eigenvalue weighted by molar-refractivity contribution is 6.63. The topological polar surface area (TPSA) is 358 Å². The van der Waals surface area contributed by atoms with Crippen molar-refractivity contribution in [3.8, 4) is 51.7 Å². The predicted octanol–water partition coefficient (Wildman–Crippen LogP) is 21.2. The lowest BCUT2D eigenvalue weighted by Gasteiger charge is -2.58. The minimum absolute atomic E-state index is 0.0524. The number of methoxy groups -OCH3 is 3. The van der Waals surface area contributed by atoms with E-state index < -0.39 is 142 Å². The Morgan fingerprint density at radius 3 is 0.765 bits per heavy atom. The predicted molar refractivity (Wildman–Crippen MR) is 509 cm³/mol. The molecule has 24 nitrogen and oxygen atoms in total. The third-order valence-corrected chi connectivity index (χ3v) is 27.7. The van der Waals surface area contributed by atoms with Gasteiger partial charge in [0.2, 0.25) is 0 Å². The van der Waals surface area contributed by atoms with Crippen LogP contribution in [0, 0.1) is 53.3 Å². The van der Waals surface area contributed by atoms with Crippen molar-refractivity contribution in [3.63, 3.8) is 0 Å². The van der Waals surface area contributed by atoms with E-state index in [1.165, 1.54) is 39.6 Å². The Balaban J connectivity index is 0.000000152. The van der Waals surface area contributed by atoms with Crippen LogP contribution in [0.2, 0.25) is 0 Å². The Labute approximate surface area is 801 Å². The number of halogens is 3. The zero-order chi connectivity index (χ0) is 98.4. The molecule has 0 unspecified atom stereocenters. The lowest BCUT2D eigenvalue weighted by molar-refractivity contribution is -0.269. The summed E-state index contributed by atoms with van der Waals surface area (Å²) in [6, 6.07) is 55.2. The molecule has 0 aromatic heterocycles. The van der Waals surface area contributed by atoms with Crippen molar-refractivity contribution in [3.05, 3.63) is 318 Å². The largest absolute Gasteiger partial charge is 0.511 e. The minimum atomic E-state index is -2.01. The number of hydrogen-bond acceptors (Lipinski definition) is 24. The van der Waals surface area contributed by atoms with Gasteiger partial charge in [0, 0.05) is 52.6 Å². The number of phenolic OH excluding ortho intramolecular Hbond substituents is 3. The molecule has 6 heterocycles. The number of hydrogen-bond donors (Lipinski definition) is 6. The molecule has 9 atom stereocenters. The van der Waals surface area contributed by atoms with Gasteiger partial charge < -0.3 is 73.3 Å². The highest BCUT2D eigenvalue weighted by Crippen LogP contribution is 2.69. The molecule has 704 valence electrons. The molecule has 3 aliphatic carbocycles. The molecule has 0 bridgehead atoms. The Morgan fingerprint density at radius 2 is 0.559 bits per heavy atom. The van der Waals surface area contributed by atoms with Gasteiger partial charge in [0.05, 0.1) is 55.9 Å². The van der Waals surface area contributed by atoms with Gasteiger partial charge in [0.25, 0.3) is 17.4 Å². The monoisotopic (exact) mass is 1900 g/mol. The van der Waals surface area contributed by atoms with Crippen molar-refractivity contribution in [2.45, 2.75) is 162 Å². The Morgan fingerprint density at radius 1 is 0.353 bits per heavy atom. The van der Waals surface area contributed by atoms with Crippen LogP contribution in [0.25, 0.3) is 18.2 Å². The number of aliphatic hydroxyl groups excluding tert-OH is 3. The van der Waals surface area contributed by atoms with Crippen molar-refractivity contribution in [1.82, 2.24) is 0 Å². The van der Waals surface area contributed by atoms with Crippen LogP contribution in [-0.4, -0.2) is 126 Å². The van der Waals surface area contributed by atoms with Crippen LogP contribution in [0.3, 0.4) is 0 Å². The molecule has 3 spiro atoms. The van der Waals surface area contributed by atoms with Gasteiger partial charge in [-0.1, -0.05) is 235 Å². The van der Waals surface area contributed by atoms with Crippen molar-refractivity contribution < 1.29 is 116 Å². The van der Waals surface area contributed by atoms with Gasteiger partial charge in [-0.15, -0.1) is 0 Å². The summed E-state index contributed by atoms with van der Waals surface area (Å²) in [5, 5.41) is 68.6. The van der Waals surface area contributed by atoms with E-state index >= 15 is 0 Å². The molecule has 136 heavy (non-hydrogen) atoms. The average Bonchev–Trinajstić information content (AvgIpc) is 0.678. The van der Waals surface area contributed by atoms with Crippen LogP contribution >= 0.6 is 34.8 Å². The second kappa shape index (κ2) is 36.5. The van der Waals surface area contributed by atoms with E-state index in [1.807, 2.05) is 182 Å². The number of aliphatic hydroxyl groups is 3. The molecular weight excluding hydrogens is 1800 g/mol. The summed E-state index contributed by atoms with van der Waals surface area (Å²) in [6.07, 6.45) is 6.34. The second-order valence-electron chi connectivity index (χ2n) is 37.3. The SMILES string of the molecule is COc1c2c(c(C)c(O)c1C(=O)/C=C/c1ccccc1)O[C@]13O[C@@H](c4ccccc4)CC(=O)C1=C(O)C(C)(C)C(=O)[C@]3(C)C2.COc1c2c(c(C)c(O)c1C(=O)/C=C/c1ccccc1)O[C@]13O[C@@H](c4ccccc4)CC(=O)C1=C(O)C(C)(C)C(=O)[C@]3(C)C2.COc1c2c(c(C)c(O)c1C(=O)/C=C/c1ccccc1)O[C@]13O[C@@H](c4ccccc4)CC(=O)C1=C(O)C(C)(C)C(=O)[C@]3(C)C2.ClC(Cl)Cl.